The first-order valence-corrected chi connectivity index (χ1v) is 10.1. The number of hydrogen-bond acceptors (Lipinski definition) is 4. The van der Waals surface area contributed by atoms with Gasteiger partial charge in [-0.2, -0.15) is 0 Å². The van der Waals surface area contributed by atoms with Gasteiger partial charge < -0.3 is 15.4 Å². The van der Waals surface area contributed by atoms with E-state index in [0.717, 1.165) is 11.1 Å². The minimum Gasteiger partial charge on any atom is -0.444 e. The highest BCUT2D eigenvalue weighted by Crippen LogP contribution is 2.33. The molecule has 1 saturated heterocycles. The monoisotopic (exact) mass is 417 g/mol. The second kappa shape index (κ2) is 9.10. The summed E-state index contributed by atoms with van der Waals surface area (Å²) < 4.78 is 32.3. The fourth-order valence-electron chi connectivity index (χ4n) is 3.68. The summed E-state index contributed by atoms with van der Waals surface area (Å²) in [5.41, 5.74) is 7.72. The van der Waals surface area contributed by atoms with E-state index in [1.54, 1.807) is 29.2 Å². The molecule has 1 fully saturated rings. The number of halogens is 2. The van der Waals surface area contributed by atoms with Crippen molar-refractivity contribution in [3.63, 3.8) is 0 Å². The zero-order chi connectivity index (χ0) is 21.9. The van der Waals surface area contributed by atoms with Crippen LogP contribution in [0.3, 0.4) is 0 Å². The standard InChI is InChI=1S/C23H29F2N3O2/c1-23(2,3)30-22(29)28-14-12-27(13-15-28)21(17-6-10-19(25)11-7-17)20(26)16-4-8-18(24)9-5-16/h4-11,20-21H,12-15,26H2,1-3H3/t20-,21+/m0/s1. The van der Waals surface area contributed by atoms with Crippen molar-refractivity contribution in [2.45, 2.75) is 38.5 Å². The maximum absolute atomic E-state index is 13.5. The summed E-state index contributed by atoms with van der Waals surface area (Å²) in [5.74, 6) is -0.641. The molecule has 162 valence electrons. The number of benzene rings is 2. The maximum Gasteiger partial charge on any atom is 0.410 e. The van der Waals surface area contributed by atoms with Crippen LogP contribution in [0.25, 0.3) is 0 Å². The van der Waals surface area contributed by atoms with Crippen LogP contribution in [0.15, 0.2) is 48.5 Å². The van der Waals surface area contributed by atoms with Crippen molar-refractivity contribution < 1.29 is 18.3 Å². The van der Waals surface area contributed by atoms with Crippen LogP contribution in [-0.4, -0.2) is 47.7 Å². The van der Waals surface area contributed by atoms with Crippen LogP contribution < -0.4 is 5.73 Å². The highest BCUT2D eigenvalue weighted by molar-refractivity contribution is 5.68. The van der Waals surface area contributed by atoms with Gasteiger partial charge in [0.05, 0.1) is 6.04 Å². The summed E-state index contributed by atoms with van der Waals surface area (Å²) in [6.45, 7) is 7.71. The lowest BCUT2D eigenvalue weighted by Crippen LogP contribution is -2.52. The smallest absolute Gasteiger partial charge is 0.410 e. The Morgan fingerprint density at radius 1 is 0.900 bits per heavy atom. The number of carbonyl (C=O) groups excluding carboxylic acids is 1. The zero-order valence-corrected chi connectivity index (χ0v) is 17.6. The second-order valence-corrected chi connectivity index (χ2v) is 8.58. The molecule has 7 heteroatoms. The third-order valence-corrected chi connectivity index (χ3v) is 5.17. The van der Waals surface area contributed by atoms with Gasteiger partial charge in [-0.15, -0.1) is 0 Å². The van der Waals surface area contributed by atoms with Crippen LogP contribution in [-0.2, 0) is 4.74 Å². The summed E-state index contributed by atoms with van der Waals surface area (Å²) >= 11 is 0. The predicted octanol–water partition coefficient (Wildman–Crippen LogP) is 4.26. The van der Waals surface area contributed by atoms with Crippen molar-refractivity contribution in [3.8, 4) is 0 Å². The highest BCUT2D eigenvalue weighted by atomic mass is 19.1. The van der Waals surface area contributed by atoms with E-state index in [2.05, 4.69) is 4.90 Å². The van der Waals surface area contributed by atoms with Crippen LogP contribution in [0.4, 0.5) is 13.6 Å². The molecule has 30 heavy (non-hydrogen) atoms. The van der Waals surface area contributed by atoms with E-state index in [9.17, 15) is 13.6 Å². The molecule has 1 aliphatic rings. The first-order chi connectivity index (χ1) is 14.1. The average molecular weight is 418 g/mol. The molecule has 0 aromatic heterocycles. The van der Waals surface area contributed by atoms with Gasteiger partial charge in [0.1, 0.15) is 17.2 Å². The molecule has 5 nitrogen and oxygen atoms in total. The van der Waals surface area contributed by atoms with E-state index in [0.29, 0.717) is 26.2 Å². The van der Waals surface area contributed by atoms with Crippen molar-refractivity contribution in [1.29, 1.82) is 0 Å². The van der Waals surface area contributed by atoms with Crippen molar-refractivity contribution >= 4 is 6.09 Å². The van der Waals surface area contributed by atoms with Gasteiger partial charge >= 0.3 is 6.09 Å². The molecule has 0 spiro atoms. The largest absolute Gasteiger partial charge is 0.444 e. The van der Waals surface area contributed by atoms with Gasteiger partial charge in [0.15, 0.2) is 0 Å². The van der Waals surface area contributed by atoms with Crippen LogP contribution in [0.2, 0.25) is 0 Å². The van der Waals surface area contributed by atoms with Gasteiger partial charge in [-0.3, -0.25) is 4.90 Å². The third kappa shape index (κ3) is 5.55. The minimum absolute atomic E-state index is 0.239. The van der Waals surface area contributed by atoms with Crippen molar-refractivity contribution in [3.05, 3.63) is 71.3 Å². The van der Waals surface area contributed by atoms with E-state index < -0.39 is 11.6 Å². The number of ether oxygens (including phenoxy) is 1. The maximum atomic E-state index is 13.5. The van der Waals surface area contributed by atoms with Gasteiger partial charge in [0, 0.05) is 32.2 Å². The Hall–Kier alpha value is -2.51. The Kier molecular flexibility index (Phi) is 6.73. The first kappa shape index (κ1) is 22.2. The Balaban J connectivity index is 1.79. The number of amides is 1. The van der Waals surface area contributed by atoms with E-state index in [-0.39, 0.29) is 23.8 Å². The molecule has 1 heterocycles. The molecular formula is C23H29F2N3O2. The van der Waals surface area contributed by atoms with E-state index in [1.165, 1.54) is 24.3 Å². The van der Waals surface area contributed by atoms with Gasteiger partial charge in [0.2, 0.25) is 0 Å². The highest BCUT2D eigenvalue weighted by Gasteiger charge is 2.33. The van der Waals surface area contributed by atoms with Crippen LogP contribution >= 0.6 is 0 Å². The number of nitrogens with zero attached hydrogens (tertiary/aromatic N) is 2. The van der Waals surface area contributed by atoms with Gasteiger partial charge in [-0.05, 0) is 56.2 Å². The summed E-state index contributed by atoms with van der Waals surface area (Å²) in [5, 5.41) is 0. The van der Waals surface area contributed by atoms with Crippen molar-refractivity contribution in [1.82, 2.24) is 9.80 Å². The molecule has 2 aromatic rings. The minimum atomic E-state index is -0.546. The zero-order valence-electron chi connectivity index (χ0n) is 17.6. The van der Waals surface area contributed by atoms with E-state index >= 15 is 0 Å². The Morgan fingerprint density at radius 3 is 1.83 bits per heavy atom. The number of piperazine rings is 1. The molecule has 2 aromatic carbocycles. The number of rotatable bonds is 4. The third-order valence-electron chi connectivity index (χ3n) is 5.17. The summed E-state index contributed by atoms with van der Waals surface area (Å²) in [7, 11) is 0. The topological polar surface area (TPSA) is 58.8 Å². The molecule has 1 aliphatic heterocycles. The molecule has 1 amide bonds. The second-order valence-electron chi connectivity index (χ2n) is 8.58. The summed E-state index contributed by atoms with van der Waals surface area (Å²) in [6.07, 6.45) is -0.330. The molecule has 0 bridgehead atoms. The van der Waals surface area contributed by atoms with Crippen LogP contribution in [0.1, 0.15) is 44.0 Å². The molecule has 0 radical (unpaired) electrons. The normalized spacial score (nSPS) is 17.5. The van der Waals surface area contributed by atoms with Crippen molar-refractivity contribution in [2.75, 3.05) is 26.2 Å². The molecule has 3 rings (SSSR count). The Labute approximate surface area is 176 Å². The number of hydrogen-bond donors (Lipinski definition) is 1. The summed E-state index contributed by atoms with van der Waals surface area (Å²) in [4.78, 5) is 16.2. The van der Waals surface area contributed by atoms with E-state index in [4.69, 9.17) is 10.5 Å². The lowest BCUT2D eigenvalue weighted by molar-refractivity contribution is 0.00871. The first-order valence-electron chi connectivity index (χ1n) is 10.1. The predicted molar refractivity (Wildman–Crippen MR) is 112 cm³/mol. The quantitative estimate of drug-likeness (QED) is 0.808. The Bertz CT molecular complexity index is 842. The van der Waals surface area contributed by atoms with Crippen molar-refractivity contribution in [2.24, 2.45) is 5.73 Å². The van der Waals surface area contributed by atoms with Crippen LogP contribution in [0, 0.1) is 11.6 Å². The van der Waals surface area contributed by atoms with E-state index in [1.807, 2.05) is 20.8 Å². The molecule has 0 aliphatic carbocycles. The van der Waals surface area contributed by atoms with Gasteiger partial charge in [-0.25, -0.2) is 13.6 Å². The molecular weight excluding hydrogens is 388 g/mol. The lowest BCUT2D eigenvalue weighted by atomic mass is 9.92. The van der Waals surface area contributed by atoms with Crippen LogP contribution in [0.5, 0.6) is 0 Å². The SMILES string of the molecule is CC(C)(C)OC(=O)N1CCN([C@H](c2ccc(F)cc2)[C@@H](N)c2ccc(F)cc2)CC1. The van der Waals surface area contributed by atoms with Gasteiger partial charge in [-0.1, -0.05) is 24.3 Å². The molecule has 0 saturated carbocycles. The Morgan fingerprint density at radius 2 is 1.37 bits per heavy atom. The number of nitrogens with two attached hydrogens (primary N) is 1. The molecule has 0 unspecified atom stereocenters. The van der Waals surface area contributed by atoms with Gasteiger partial charge in [0.25, 0.3) is 0 Å². The number of carbonyl (C=O) groups is 1. The molecule has 2 N–H and O–H groups in total. The fraction of sp³-hybridized carbons (Fsp3) is 0.435. The lowest BCUT2D eigenvalue weighted by Gasteiger charge is -2.42. The molecule has 2 atom stereocenters. The summed E-state index contributed by atoms with van der Waals surface area (Å²) in [6, 6.07) is 11.7. The average Bonchev–Trinajstić information content (AvgIpc) is 2.69. The fourth-order valence-corrected chi connectivity index (χ4v) is 3.68.